The van der Waals surface area contributed by atoms with Crippen molar-refractivity contribution >= 4 is 28.9 Å². The molecule has 1 aromatic carbocycles. The van der Waals surface area contributed by atoms with Crippen molar-refractivity contribution in [2.75, 3.05) is 0 Å². The largest absolute Gasteiger partial charge is 0.393 e. The molecule has 3 N–H and O–H groups in total. The van der Waals surface area contributed by atoms with E-state index < -0.39 is 41.0 Å². The van der Waals surface area contributed by atoms with Crippen LogP contribution in [-0.2, 0) is 20.9 Å². The van der Waals surface area contributed by atoms with Gasteiger partial charge in [0, 0.05) is 12.5 Å². The molecule has 0 radical (unpaired) electrons. The van der Waals surface area contributed by atoms with Crippen LogP contribution >= 0.6 is 11.3 Å². The summed E-state index contributed by atoms with van der Waals surface area (Å²) in [6, 6.07) is 5.24. The number of thiazole rings is 1. The molecule has 1 unspecified atom stereocenters. The Hall–Kier alpha value is -2.65. The van der Waals surface area contributed by atoms with E-state index in [0.29, 0.717) is 6.54 Å². The van der Waals surface area contributed by atoms with Gasteiger partial charge in [-0.1, -0.05) is 46.8 Å². The molecule has 4 rings (SSSR count). The highest BCUT2D eigenvalue weighted by molar-refractivity contribution is 7.13. The number of rotatable bonds is 9. The van der Waals surface area contributed by atoms with Gasteiger partial charge in [0.2, 0.25) is 5.91 Å². The molecule has 2 aliphatic carbocycles. The van der Waals surface area contributed by atoms with Gasteiger partial charge in [-0.2, -0.15) is 0 Å². The van der Waals surface area contributed by atoms with Crippen molar-refractivity contribution in [1.29, 1.82) is 0 Å². The molecule has 2 aromatic rings. The Morgan fingerprint density at radius 2 is 1.85 bits per heavy atom. The summed E-state index contributed by atoms with van der Waals surface area (Å²) >= 11 is 1.60. The maximum atomic E-state index is 14.4. The molecule has 7 nitrogen and oxygen atoms in total. The Morgan fingerprint density at radius 3 is 2.41 bits per heavy atom. The number of halogens is 1. The van der Waals surface area contributed by atoms with E-state index in [4.69, 9.17) is 0 Å². The maximum absolute atomic E-state index is 14.4. The second-order valence-corrected chi connectivity index (χ2v) is 13.4. The first kappa shape index (κ1) is 29.3. The van der Waals surface area contributed by atoms with Crippen molar-refractivity contribution < 1.29 is 23.9 Å². The van der Waals surface area contributed by atoms with Gasteiger partial charge < -0.3 is 15.7 Å². The summed E-state index contributed by atoms with van der Waals surface area (Å²) in [4.78, 5) is 45.0. The summed E-state index contributed by atoms with van der Waals surface area (Å²) in [6.07, 6.45) is -0.184. The molecule has 1 heterocycles. The van der Waals surface area contributed by atoms with E-state index in [1.807, 2.05) is 24.6 Å². The highest BCUT2D eigenvalue weighted by Gasteiger charge is 2.53. The van der Waals surface area contributed by atoms with E-state index in [2.05, 4.69) is 35.5 Å². The van der Waals surface area contributed by atoms with Gasteiger partial charge in [-0.15, -0.1) is 11.3 Å². The number of carbonyl (C=O) groups excluding carboxylic acids is 3. The second kappa shape index (κ2) is 11.1. The van der Waals surface area contributed by atoms with Crippen molar-refractivity contribution in [2.45, 2.75) is 97.5 Å². The van der Waals surface area contributed by atoms with E-state index in [0.717, 1.165) is 27.3 Å². The predicted molar refractivity (Wildman–Crippen MR) is 150 cm³/mol. The summed E-state index contributed by atoms with van der Waals surface area (Å²) < 4.78 is 14.4. The first-order valence-electron chi connectivity index (χ1n) is 13.7. The minimum Gasteiger partial charge on any atom is -0.393 e. The van der Waals surface area contributed by atoms with E-state index in [9.17, 15) is 23.9 Å². The number of hydrogen-bond acceptors (Lipinski definition) is 6. The zero-order valence-corrected chi connectivity index (χ0v) is 24.5. The highest BCUT2D eigenvalue weighted by atomic mass is 32.1. The summed E-state index contributed by atoms with van der Waals surface area (Å²) in [7, 11) is 0. The van der Waals surface area contributed by atoms with Crippen molar-refractivity contribution in [3.63, 3.8) is 0 Å². The number of amides is 2. The monoisotopic (exact) mass is 557 g/mol. The quantitative estimate of drug-likeness (QED) is 0.409. The third-order valence-corrected chi connectivity index (χ3v) is 8.97. The lowest BCUT2D eigenvalue weighted by molar-refractivity contribution is -0.138. The van der Waals surface area contributed by atoms with Gasteiger partial charge >= 0.3 is 0 Å². The van der Waals surface area contributed by atoms with Crippen LogP contribution in [0.1, 0.15) is 83.0 Å². The van der Waals surface area contributed by atoms with Gasteiger partial charge in [-0.25, -0.2) is 9.37 Å². The fourth-order valence-corrected chi connectivity index (χ4v) is 6.27. The number of aliphatic hydroxyl groups is 1. The molecule has 39 heavy (non-hydrogen) atoms. The summed E-state index contributed by atoms with van der Waals surface area (Å²) in [5.74, 6) is -2.66. The number of Topliss-reactive ketones (excluding diaryl/α,β-unsaturated/α-hetero) is 1. The standard InChI is InChI=1S/C30H40FN3O4S/c1-16(2)21-11-18(25-17(3)33-15-39-25)7-8-19(21)14-32-27(37)23-13-20(35)12-22(23)24(36)26(29(4,5)6)34-28(38)30(31)9-10-30/h7-8,11,15-16,20,22-23,26,35H,9-10,12-14H2,1-6H3,(H,32,37)(H,34,38)/t20-,22?,23+,26+/m0/s1. The van der Waals surface area contributed by atoms with Crippen LogP contribution in [0.2, 0.25) is 0 Å². The van der Waals surface area contributed by atoms with E-state index in [1.54, 1.807) is 32.1 Å². The van der Waals surface area contributed by atoms with Crippen molar-refractivity contribution in [3.05, 3.63) is 40.5 Å². The lowest BCUT2D eigenvalue weighted by Gasteiger charge is -2.33. The van der Waals surface area contributed by atoms with Crippen molar-refractivity contribution in [1.82, 2.24) is 15.6 Å². The summed E-state index contributed by atoms with van der Waals surface area (Å²) in [5.41, 5.74) is 3.43. The van der Waals surface area contributed by atoms with Crippen LogP contribution in [0.3, 0.4) is 0 Å². The number of nitrogens with zero attached hydrogens (tertiary/aromatic N) is 1. The SMILES string of the molecule is Cc1ncsc1-c1ccc(CNC(=O)[C@@H]2C[C@@H](O)CC2C(=O)[C@@H](NC(=O)C2(F)CC2)C(C)(C)C)c(C(C)C)c1. The minimum atomic E-state index is -1.90. The van der Waals surface area contributed by atoms with Crippen LogP contribution in [0.4, 0.5) is 4.39 Å². The Morgan fingerprint density at radius 1 is 1.18 bits per heavy atom. The molecule has 2 fully saturated rings. The minimum absolute atomic E-state index is 0.139. The molecule has 0 bridgehead atoms. The Balaban J connectivity index is 1.49. The number of carbonyl (C=O) groups is 3. The first-order valence-corrected chi connectivity index (χ1v) is 14.6. The molecule has 2 aliphatic rings. The third kappa shape index (κ3) is 6.40. The fourth-order valence-electron chi connectivity index (χ4n) is 5.47. The van der Waals surface area contributed by atoms with Crippen LogP contribution in [0.15, 0.2) is 23.7 Å². The summed E-state index contributed by atoms with van der Waals surface area (Å²) in [5, 5.41) is 16.1. The molecule has 2 amide bonds. The average molecular weight is 558 g/mol. The number of alkyl halides is 1. The van der Waals surface area contributed by atoms with E-state index in [-0.39, 0.29) is 43.3 Å². The van der Waals surface area contributed by atoms with Gasteiger partial charge in [0.05, 0.1) is 34.1 Å². The third-order valence-electron chi connectivity index (χ3n) is 7.99. The summed E-state index contributed by atoms with van der Waals surface area (Å²) in [6.45, 7) is 11.9. The van der Waals surface area contributed by atoms with E-state index >= 15 is 0 Å². The molecular weight excluding hydrogens is 517 g/mol. The van der Waals surface area contributed by atoms with Gasteiger partial charge in [-0.05, 0) is 66.7 Å². The highest BCUT2D eigenvalue weighted by Crippen LogP contribution is 2.41. The van der Waals surface area contributed by atoms with Gasteiger partial charge in [0.1, 0.15) is 0 Å². The smallest absolute Gasteiger partial charge is 0.258 e. The number of aromatic nitrogens is 1. The number of aryl methyl sites for hydroxylation is 1. The number of benzene rings is 1. The fraction of sp³-hybridized carbons (Fsp3) is 0.600. The maximum Gasteiger partial charge on any atom is 0.258 e. The van der Waals surface area contributed by atoms with Gasteiger partial charge in [0.25, 0.3) is 5.91 Å². The zero-order chi connectivity index (χ0) is 28.7. The number of nitrogens with one attached hydrogen (secondary N) is 2. The van der Waals surface area contributed by atoms with Crippen molar-refractivity contribution in [2.24, 2.45) is 17.3 Å². The second-order valence-electron chi connectivity index (χ2n) is 12.5. The molecular formula is C30H40FN3O4S. The van der Waals surface area contributed by atoms with Crippen LogP contribution in [0.25, 0.3) is 10.4 Å². The zero-order valence-electron chi connectivity index (χ0n) is 23.6. The first-order chi connectivity index (χ1) is 18.2. The Labute approximate surface area is 234 Å². The number of hydrogen-bond donors (Lipinski definition) is 3. The Bertz CT molecular complexity index is 1250. The van der Waals surface area contributed by atoms with Crippen LogP contribution in [0.5, 0.6) is 0 Å². The normalized spacial score (nSPS) is 22.9. The van der Waals surface area contributed by atoms with Gasteiger partial charge in [-0.3, -0.25) is 14.4 Å². The molecule has 2 saturated carbocycles. The average Bonchev–Trinajstić information content (AvgIpc) is 3.28. The molecule has 0 aliphatic heterocycles. The molecule has 1 aromatic heterocycles. The molecule has 4 atom stereocenters. The number of ketones is 1. The van der Waals surface area contributed by atoms with Crippen LogP contribution in [0, 0.1) is 24.2 Å². The van der Waals surface area contributed by atoms with Crippen LogP contribution < -0.4 is 10.6 Å². The van der Waals surface area contributed by atoms with Gasteiger partial charge in [0.15, 0.2) is 11.5 Å². The van der Waals surface area contributed by atoms with Crippen molar-refractivity contribution in [3.8, 4) is 10.4 Å². The Kier molecular flexibility index (Phi) is 8.34. The topological polar surface area (TPSA) is 108 Å². The molecule has 0 saturated heterocycles. The molecule has 9 heteroatoms. The molecule has 212 valence electrons. The molecule has 0 spiro atoms. The predicted octanol–water partition coefficient (Wildman–Crippen LogP) is 4.85. The lowest BCUT2D eigenvalue weighted by Crippen LogP contribution is -2.54. The van der Waals surface area contributed by atoms with Crippen LogP contribution in [-0.4, -0.2) is 45.5 Å². The van der Waals surface area contributed by atoms with E-state index in [1.165, 1.54) is 0 Å². The lowest BCUT2D eigenvalue weighted by atomic mass is 9.77. The number of aliphatic hydroxyl groups excluding tert-OH is 1.